The number of hydrogen-bond donors (Lipinski definition) is 1. The van der Waals surface area contributed by atoms with Gasteiger partial charge >= 0.3 is 0 Å². The minimum absolute atomic E-state index is 0.0524. The van der Waals surface area contributed by atoms with Crippen molar-refractivity contribution in [3.63, 3.8) is 0 Å². The molecule has 4 heteroatoms. The smallest absolute Gasteiger partial charge is 0.163 e. The molecular formula is C10H18O4. The van der Waals surface area contributed by atoms with E-state index in [1.54, 1.807) is 0 Å². The summed E-state index contributed by atoms with van der Waals surface area (Å²) < 4.78 is 17.0. The second-order valence-electron chi connectivity index (χ2n) is 4.35. The Labute approximate surface area is 84.1 Å². The van der Waals surface area contributed by atoms with E-state index in [9.17, 15) is 0 Å². The maximum Gasteiger partial charge on any atom is 0.163 e. The van der Waals surface area contributed by atoms with Crippen molar-refractivity contribution in [2.75, 3.05) is 13.2 Å². The van der Waals surface area contributed by atoms with Gasteiger partial charge in [0, 0.05) is 0 Å². The van der Waals surface area contributed by atoms with Gasteiger partial charge in [-0.3, -0.25) is 0 Å². The van der Waals surface area contributed by atoms with E-state index < -0.39 is 5.79 Å². The van der Waals surface area contributed by atoms with Gasteiger partial charge in [-0.05, 0) is 26.7 Å². The molecule has 0 radical (unpaired) electrons. The number of aliphatic hydroxyl groups excluding tert-OH is 1. The van der Waals surface area contributed by atoms with E-state index in [2.05, 4.69) is 0 Å². The number of hydrogen-bond acceptors (Lipinski definition) is 4. The molecule has 3 atom stereocenters. The first kappa shape index (κ1) is 10.4. The van der Waals surface area contributed by atoms with Gasteiger partial charge in [0.05, 0.1) is 25.4 Å². The van der Waals surface area contributed by atoms with Gasteiger partial charge in [-0.2, -0.15) is 0 Å². The Bertz CT molecular complexity index is 204. The van der Waals surface area contributed by atoms with Crippen LogP contribution in [0.2, 0.25) is 0 Å². The zero-order valence-electron chi connectivity index (χ0n) is 8.73. The van der Waals surface area contributed by atoms with Gasteiger partial charge in [0.15, 0.2) is 5.79 Å². The molecule has 2 aliphatic rings. The fourth-order valence-electron chi connectivity index (χ4n) is 2.28. The fourth-order valence-corrected chi connectivity index (χ4v) is 2.28. The van der Waals surface area contributed by atoms with Crippen molar-refractivity contribution in [2.24, 2.45) is 0 Å². The molecule has 0 aromatic carbocycles. The topological polar surface area (TPSA) is 47.9 Å². The Morgan fingerprint density at radius 2 is 2.14 bits per heavy atom. The molecule has 1 saturated carbocycles. The lowest BCUT2D eigenvalue weighted by Crippen LogP contribution is -2.31. The summed E-state index contributed by atoms with van der Waals surface area (Å²) in [6.45, 7) is 4.30. The monoisotopic (exact) mass is 202 g/mol. The molecule has 14 heavy (non-hydrogen) atoms. The largest absolute Gasteiger partial charge is 0.394 e. The van der Waals surface area contributed by atoms with Crippen LogP contribution in [0, 0.1) is 0 Å². The summed E-state index contributed by atoms with van der Waals surface area (Å²) in [5.74, 6) is -0.476. The normalized spacial score (nSPS) is 40.1. The van der Waals surface area contributed by atoms with Gasteiger partial charge in [-0.1, -0.05) is 0 Å². The molecule has 1 saturated heterocycles. The zero-order valence-corrected chi connectivity index (χ0v) is 8.73. The molecule has 82 valence electrons. The van der Waals surface area contributed by atoms with Crippen LogP contribution >= 0.6 is 0 Å². The summed E-state index contributed by atoms with van der Waals surface area (Å²) in [6.07, 6.45) is 2.27. The highest BCUT2D eigenvalue weighted by atomic mass is 16.8. The average Bonchev–Trinajstić information content (AvgIpc) is 2.57. The van der Waals surface area contributed by atoms with Crippen LogP contribution in [0.3, 0.4) is 0 Å². The first-order valence-corrected chi connectivity index (χ1v) is 5.20. The molecule has 0 amide bonds. The maximum atomic E-state index is 8.67. The molecule has 0 aromatic rings. The molecule has 2 rings (SSSR count). The van der Waals surface area contributed by atoms with Gasteiger partial charge in [0.1, 0.15) is 6.10 Å². The summed E-state index contributed by atoms with van der Waals surface area (Å²) in [7, 11) is 0. The number of ether oxygens (including phenoxy) is 3. The molecule has 0 bridgehead atoms. The second-order valence-corrected chi connectivity index (χ2v) is 4.35. The lowest BCUT2D eigenvalue weighted by molar-refractivity contribution is -0.166. The van der Waals surface area contributed by atoms with Crippen LogP contribution in [0.4, 0.5) is 0 Å². The van der Waals surface area contributed by atoms with Gasteiger partial charge < -0.3 is 19.3 Å². The van der Waals surface area contributed by atoms with Crippen LogP contribution in [-0.4, -0.2) is 42.4 Å². The standard InChI is InChI=1S/C10H18O4/c1-10(2)13-8-4-3-7(9(8)14-10)12-6-5-11/h7-9,11H,3-6H2,1-2H3/t7?,8?,9-/m1/s1. The van der Waals surface area contributed by atoms with Crippen LogP contribution in [0.5, 0.6) is 0 Å². The molecule has 1 aliphatic heterocycles. The van der Waals surface area contributed by atoms with Gasteiger partial charge in [0.2, 0.25) is 0 Å². The maximum absolute atomic E-state index is 8.67. The lowest BCUT2D eigenvalue weighted by atomic mass is 10.2. The van der Waals surface area contributed by atoms with E-state index in [1.165, 1.54) is 0 Å². The van der Waals surface area contributed by atoms with Crippen molar-refractivity contribution in [1.82, 2.24) is 0 Å². The molecule has 0 aromatic heterocycles. The van der Waals surface area contributed by atoms with Crippen molar-refractivity contribution in [2.45, 2.75) is 50.8 Å². The van der Waals surface area contributed by atoms with Crippen LogP contribution in [0.25, 0.3) is 0 Å². The van der Waals surface area contributed by atoms with Gasteiger partial charge in [0.25, 0.3) is 0 Å². The molecule has 2 fully saturated rings. The lowest BCUT2D eigenvalue weighted by Gasteiger charge is -2.21. The number of aliphatic hydroxyl groups is 1. The van der Waals surface area contributed by atoms with Crippen molar-refractivity contribution in [1.29, 1.82) is 0 Å². The molecule has 1 heterocycles. The zero-order chi connectivity index (χ0) is 10.2. The highest BCUT2D eigenvalue weighted by Crippen LogP contribution is 2.39. The molecule has 1 aliphatic carbocycles. The Balaban J connectivity index is 1.91. The summed E-state index contributed by atoms with van der Waals surface area (Å²) >= 11 is 0. The van der Waals surface area contributed by atoms with Crippen LogP contribution in [0.15, 0.2) is 0 Å². The van der Waals surface area contributed by atoms with Crippen molar-refractivity contribution >= 4 is 0 Å². The van der Waals surface area contributed by atoms with Gasteiger partial charge in [-0.15, -0.1) is 0 Å². The number of fused-ring (bicyclic) bond motifs is 1. The average molecular weight is 202 g/mol. The van der Waals surface area contributed by atoms with E-state index in [0.29, 0.717) is 6.61 Å². The summed E-state index contributed by atoms with van der Waals surface area (Å²) in [5, 5.41) is 8.67. The first-order chi connectivity index (χ1) is 6.62. The van der Waals surface area contributed by atoms with Crippen LogP contribution in [-0.2, 0) is 14.2 Å². The predicted octanol–water partition coefficient (Wildman–Crippen LogP) is 0.678. The summed E-state index contributed by atoms with van der Waals surface area (Å²) in [5.41, 5.74) is 0. The Hall–Kier alpha value is -0.160. The van der Waals surface area contributed by atoms with E-state index in [-0.39, 0.29) is 24.9 Å². The van der Waals surface area contributed by atoms with E-state index in [1.807, 2.05) is 13.8 Å². The Morgan fingerprint density at radius 1 is 1.36 bits per heavy atom. The highest BCUT2D eigenvalue weighted by molar-refractivity contribution is 4.93. The van der Waals surface area contributed by atoms with Gasteiger partial charge in [-0.25, -0.2) is 0 Å². The van der Waals surface area contributed by atoms with E-state index in [0.717, 1.165) is 12.8 Å². The van der Waals surface area contributed by atoms with Crippen molar-refractivity contribution in [3.8, 4) is 0 Å². The molecular weight excluding hydrogens is 184 g/mol. The van der Waals surface area contributed by atoms with E-state index >= 15 is 0 Å². The highest BCUT2D eigenvalue weighted by Gasteiger charge is 2.49. The van der Waals surface area contributed by atoms with E-state index in [4.69, 9.17) is 19.3 Å². The molecule has 2 unspecified atom stereocenters. The quantitative estimate of drug-likeness (QED) is 0.731. The SMILES string of the molecule is CC1(C)OC2CCC(OCCO)[C@H]2O1. The second kappa shape index (κ2) is 3.77. The third-order valence-electron chi connectivity index (χ3n) is 2.75. The summed E-state index contributed by atoms with van der Waals surface area (Å²) in [6, 6.07) is 0. The van der Waals surface area contributed by atoms with Crippen molar-refractivity contribution in [3.05, 3.63) is 0 Å². The molecule has 0 spiro atoms. The Kier molecular flexibility index (Phi) is 2.79. The first-order valence-electron chi connectivity index (χ1n) is 5.20. The third-order valence-corrected chi connectivity index (χ3v) is 2.75. The molecule has 1 N–H and O–H groups in total. The third kappa shape index (κ3) is 1.93. The minimum atomic E-state index is -0.476. The Morgan fingerprint density at radius 3 is 2.86 bits per heavy atom. The molecule has 4 nitrogen and oxygen atoms in total. The van der Waals surface area contributed by atoms with Crippen molar-refractivity contribution < 1.29 is 19.3 Å². The minimum Gasteiger partial charge on any atom is -0.394 e. The predicted molar refractivity (Wildman–Crippen MR) is 49.9 cm³/mol. The fraction of sp³-hybridized carbons (Fsp3) is 1.00. The van der Waals surface area contributed by atoms with Crippen LogP contribution < -0.4 is 0 Å². The number of rotatable bonds is 3. The van der Waals surface area contributed by atoms with Crippen LogP contribution in [0.1, 0.15) is 26.7 Å². The summed E-state index contributed by atoms with van der Waals surface area (Å²) in [4.78, 5) is 0.